The largest absolute Gasteiger partial charge is 0.493 e. The molecule has 1 fully saturated rings. The highest BCUT2D eigenvalue weighted by Gasteiger charge is 2.21. The van der Waals surface area contributed by atoms with Gasteiger partial charge in [-0.2, -0.15) is 24.8 Å². The third kappa shape index (κ3) is 3.86. The van der Waals surface area contributed by atoms with Crippen molar-refractivity contribution in [2.75, 3.05) is 5.32 Å². The lowest BCUT2D eigenvalue weighted by Gasteiger charge is -2.06. The van der Waals surface area contributed by atoms with Crippen molar-refractivity contribution in [2.45, 2.75) is 25.4 Å². The summed E-state index contributed by atoms with van der Waals surface area (Å²) in [6.07, 6.45) is 5.16. The SMILES string of the molecule is N#Cc1cccc(CNc2nc(=NC3CC3)n3nc/c(=C/c4[nH]c(=O)[nH]c4O)c3n2)c1. The molecular formula is C20H17N9O2. The molecule has 3 heterocycles. The number of hydrogen-bond acceptors (Lipinski definition) is 8. The van der Waals surface area contributed by atoms with Crippen LogP contribution in [0.25, 0.3) is 11.7 Å². The summed E-state index contributed by atoms with van der Waals surface area (Å²) in [7, 11) is 0. The first-order valence-corrected chi connectivity index (χ1v) is 9.64. The number of imidazole rings is 1. The molecule has 4 aromatic rings. The minimum Gasteiger partial charge on any atom is -0.493 e. The monoisotopic (exact) mass is 415 g/mol. The number of nitrogens with one attached hydrogen (secondary N) is 3. The van der Waals surface area contributed by atoms with Crippen molar-refractivity contribution in [3.05, 3.63) is 68.6 Å². The number of aromatic nitrogens is 6. The molecule has 11 nitrogen and oxygen atoms in total. The van der Waals surface area contributed by atoms with Gasteiger partial charge in [-0.15, -0.1) is 0 Å². The van der Waals surface area contributed by atoms with Crippen LogP contribution >= 0.6 is 0 Å². The maximum atomic E-state index is 11.4. The number of nitrogens with zero attached hydrogens (tertiary/aromatic N) is 6. The molecule has 5 rings (SSSR count). The van der Waals surface area contributed by atoms with Crippen LogP contribution < -0.4 is 21.8 Å². The second-order valence-electron chi connectivity index (χ2n) is 7.19. The molecule has 31 heavy (non-hydrogen) atoms. The summed E-state index contributed by atoms with van der Waals surface area (Å²) in [5, 5.41) is 27.0. The van der Waals surface area contributed by atoms with Gasteiger partial charge in [-0.25, -0.2) is 9.79 Å². The fraction of sp³-hybridized carbons (Fsp3) is 0.200. The van der Waals surface area contributed by atoms with Crippen molar-refractivity contribution in [1.82, 2.24) is 29.5 Å². The smallest absolute Gasteiger partial charge is 0.326 e. The van der Waals surface area contributed by atoms with Crippen molar-refractivity contribution >= 4 is 17.7 Å². The minimum absolute atomic E-state index is 0.222. The number of H-pyrrole nitrogens is 2. The molecule has 1 aromatic carbocycles. The molecule has 154 valence electrons. The Labute approximate surface area is 174 Å². The van der Waals surface area contributed by atoms with E-state index in [1.54, 1.807) is 24.4 Å². The first-order valence-electron chi connectivity index (χ1n) is 9.64. The molecule has 1 saturated carbocycles. The van der Waals surface area contributed by atoms with Gasteiger partial charge >= 0.3 is 5.69 Å². The Kier molecular flexibility index (Phi) is 4.44. The molecule has 0 radical (unpaired) electrons. The number of hydrogen-bond donors (Lipinski definition) is 4. The number of rotatable bonds is 5. The Hall–Kier alpha value is -4.46. The standard InChI is InChI=1S/C20H17N9O2/c21-8-11-2-1-3-12(6-11)9-22-18-26-16-13(7-15-17(30)27-20(31)25-15)10-23-29(16)19(28-18)24-14-4-5-14/h1-3,6-7,10,14,30H,4-5,9H2,(H,22,24,28)(H2,25,27,31)/b13-7-. The average molecular weight is 415 g/mol. The zero-order valence-corrected chi connectivity index (χ0v) is 16.2. The van der Waals surface area contributed by atoms with Crippen molar-refractivity contribution in [2.24, 2.45) is 4.99 Å². The molecule has 0 aliphatic heterocycles. The molecule has 3 aromatic heterocycles. The van der Waals surface area contributed by atoms with E-state index in [-0.39, 0.29) is 17.6 Å². The Morgan fingerprint density at radius 2 is 2.23 bits per heavy atom. The zero-order valence-electron chi connectivity index (χ0n) is 16.2. The topological polar surface area (TPSA) is 160 Å². The van der Waals surface area contributed by atoms with Crippen LogP contribution in [0, 0.1) is 11.3 Å². The Balaban J connectivity index is 1.58. The summed E-state index contributed by atoms with van der Waals surface area (Å²) in [6.45, 7) is 0.424. The fourth-order valence-electron chi connectivity index (χ4n) is 3.09. The van der Waals surface area contributed by atoms with E-state index in [0.29, 0.717) is 34.5 Å². The third-order valence-electron chi connectivity index (χ3n) is 4.76. The predicted octanol–water partition coefficient (Wildman–Crippen LogP) is -0.0591. The average Bonchev–Trinajstić information content (AvgIpc) is 3.41. The zero-order chi connectivity index (χ0) is 21.4. The highest BCUT2D eigenvalue weighted by Crippen LogP contribution is 2.22. The van der Waals surface area contributed by atoms with Gasteiger partial charge in [-0.3, -0.25) is 4.98 Å². The molecule has 0 unspecified atom stereocenters. The van der Waals surface area contributed by atoms with Crippen LogP contribution in [0.1, 0.15) is 29.7 Å². The summed E-state index contributed by atoms with van der Waals surface area (Å²) < 4.78 is 1.54. The van der Waals surface area contributed by atoms with Gasteiger partial charge in [-0.1, -0.05) is 12.1 Å². The lowest BCUT2D eigenvalue weighted by molar-refractivity contribution is 0.454. The van der Waals surface area contributed by atoms with Gasteiger partial charge < -0.3 is 15.4 Å². The minimum atomic E-state index is -0.513. The van der Waals surface area contributed by atoms with Gasteiger partial charge in [0.1, 0.15) is 5.69 Å². The van der Waals surface area contributed by atoms with E-state index in [1.807, 2.05) is 12.1 Å². The summed E-state index contributed by atoms with van der Waals surface area (Å²) in [6, 6.07) is 9.61. The van der Waals surface area contributed by atoms with E-state index < -0.39 is 5.69 Å². The van der Waals surface area contributed by atoms with Gasteiger partial charge in [0.05, 0.1) is 23.9 Å². The lowest BCUT2D eigenvalue weighted by Crippen LogP contribution is -2.24. The fourth-order valence-corrected chi connectivity index (χ4v) is 3.09. The van der Waals surface area contributed by atoms with E-state index in [0.717, 1.165) is 18.4 Å². The van der Waals surface area contributed by atoms with Crippen molar-refractivity contribution in [3.63, 3.8) is 0 Å². The summed E-state index contributed by atoms with van der Waals surface area (Å²) >= 11 is 0. The number of fused-ring (bicyclic) bond motifs is 1. The molecule has 1 aliphatic carbocycles. The van der Waals surface area contributed by atoms with E-state index in [2.05, 4.69) is 41.4 Å². The van der Waals surface area contributed by atoms with Crippen molar-refractivity contribution < 1.29 is 5.11 Å². The number of nitriles is 1. The van der Waals surface area contributed by atoms with Crippen LogP contribution in [0.5, 0.6) is 5.88 Å². The molecule has 11 heteroatoms. The van der Waals surface area contributed by atoms with Crippen LogP contribution in [-0.4, -0.2) is 40.7 Å². The molecular weight excluding hydrogens is 398 g/mol. The molecule has 0 saturated heterocycles. The van der Waals surface area contributed by atoms with Gasteiger partial charge in [0.2, 0.25) is 11.8 Å². The maximum Gasteiger partial charge on any atom is 0.326 e. The molecule has 0 atom stereocenters. The molecule has 4 N–H and O–H groups in total. The van der Waals surface area contributed by atoms with Crippen molar-refractivity contribution in [3.8, 4) is 11.9 Å². The van der Waals surface area contributed by atoms with Gasteiger partial charge in [0.25, 0.3) is 5.62 Å². The highest BCUT2D eigenvalue weighted by molar-refractivity contribution is 5.57. The summed E-state index contributed by atoms with van der Waals surface area (Å²) in [5.74, 6) is 0.0909. The third-order valence-corrected chi connectivity index (χ3v) is 4.76. The normalized spacial score (nSPS) is 14.8. The van der Waals surface area contributed by atoms with Crippen LogP contribution in [0.3, 0.4) is 0 Å². The number of aromatic amines is 2. The Morgan fingerprint density at radius 1 is 1.35 bits per heavy atom. The predicted molar refractivity (Wildman–Crippen MR) is 110 cm³/mol. The molecule has 0 bridgehead atoms. The van der Waals surface area contributed by atoms with E-state index >= 15 is 0 Å². The molecule has 0 amide bonds. The molecule has 0 spiro atoms. The Bertz CT molecular complexity index is 1500. The van der Waals surface area contributed by atoms with E-state index in [1.165, 1.54) is 4.52 Å². The van der Waals surface area contributed by atoms with Crippen LogP contribution in [0.15, 0.2) is 40.2 Å². The van der Waals surface area contributed by atoms with Crippen molar-refractivity contribution in [1.29, 1.82) is 5.26 Å². The van der Waals surface area contributed by atoms with Crippen LogP contribution in [0.4, 0.5) is 5.95 Å². The Morgan fingerprint density at radius 3 is 2.97 bits per heavy atom. The van der Waals surface area contributed by atoms with E-state index in [9.17, 15) is 9.90 Å². The van der Waals surface area contributed by atoms with Gasteiger partial charge in [0, 0.05) is 11.8 Å². The van der Waals surface area contributed by atoms with Crippen LogP contribution in [-0.2, 0) is 6.54 Å². The lowest BCUT2D eigenvalue weighted by atomic mass is 10.1. The van der Waals surface area contributed by atoms with Crippen LogP contribution in [0.2, 0.25) is 0 Å². The first-order chi connectivity index (χ1) is 15.1. The number of anilines is 1. The van der Waals surface area contributed by atoms with Gasteiger partial charge in [0.15, 0.2) is 5.65 Å². The van der Waals surface area contributed by atoms with E-state index in [4.69, 9.17) is 5.26 Å². The number of benzene rings is 1. The first kappa shape index (κ1) is 18.6. The highest BCUT2D eigenvalue weighted by atomic mass is 16.3. The summed E-state index contributed by atoms with van der Waals surface area (Å²) in [5.41, 5.74) is 2.10. The maximum absolute atomic E-state index is 11.4. The second-order valence-corrected chi connectivity index (χ2v) is 7.19. The molecule has 1 aliphatic rings. The van der Waals surface area contributed by atoms with Gasteiger partial charge in [-0.05, 0) is 36.6 Å². The summed E-state index contributed by atoms with van der Waals surface area (Å²) in [4.78, 5) is 29.9. The quantitative estimate of drug-likeness (QED) is 0.355. The second kappa shape index (κ2) is 7.42. The number of aromatic hydroxyl groups is 1.